The van der Waals surface area contributed by atoms with Crippen LogP contribution in [0.4, 0.5) is 0 Å². The first kappa shape index (κ1) is 15.2. The number of rotatable bonds is 6. The maximum Gasteiger partial charge on any atom is 0.262 e. The molecule has 0 atom stereocenters. The molecule has 1 N–H and O–H groups in total. The third kappa shape index (κ3) is 4.14. The van der Waals surface area contributed by atoms with Gasteiger partial charge < -0.3 is 0 Å². The molecule has 6 heteroatoms. The van der Waals surface area contributed by atoms with Crippen LogP contribution >= 0.6 is 15.9 Å². The van der Waals surface area contributed by atoms with Gasteiger partial charge in [0.05, 0.1) is 11.5 Å². The highest BCUT2D eigenvalue weighted by Gasteiger charge is 2.13. The van der Waals surface area contributed by atoms with Gasteiger partial charge in [0, 0.05) is 5.33 Å². The van der Waals surface area contributed by atoms with Crippen LogP contribution in [0, 0.1) is 0 Å². The lowest BCUT2D eigenvalue weighted by molar-refractivity contribution is 0.0795. The normalized spacial score (nSPS) is 11.4. The summed E-state index contributed by atoms with van der Waals surface area (Å²) < 4.78 is 23.9. The summed E-state index contributed by atoms with van der Waals surface area (Å²) in [5.74, 6) is 0. The topological polar surface area (TPSA) is 55.4 Å². The van der Waals surface area contributed by atoms with Crippen LogP contribution in [0.5, 0.6) is 0 Å². The Labute approximate surface area is 126 Å². The minimum Gasteiger partial charge on any atom is -0.282 e. The number of nitrogens with one attached hydrogen (secondary N) is 1. The summed E-state index contributed by atoms with van der Waals surface area (Å²) in [6, 6.07) is 15.9. The molecule has 2 aromatic rings. The van der Waals surface area contributed by atoms with Crippen LogP contribution in [0.1, 0.15) is 11.1 Å². The standard InChI is InChI=1S/C14H14BrNO3S/c15-10-12-6-8-14(9-7-12)20(17,18)16-19-11-13-4-2-1-3-5-13/h1-9,16H,10-11H2. The van der Waals surface area contributed by atoms with Gasteiger partial charge in [-0.05, 0) is 23.3 Å². The molecule has 0 aromatic heterocycles. The second-order valence-corrected chi connectivity index (χ2v) is 6.34. The van der Waals surface area contributed by atoms with Gasteiger partial charge in [-0.1, -0.05) is 63.3 Å². The van der Waals surface area contributed by atoms with Crippen LogP contribution in [0.15, 0.2) is 59.5 Å². The Morgan fingerprint density at radius 1 is 0.950 bits per heavy atom. The van der Waals surface area contributed by atoms with Gasteiger partial charge in [-0.15, -0.1) is 0 Å². The Hall–Kier alpha value is -1.21. The quantitative estimate of drug-likeness (QED) is 0.640. The maximum absolute atomic E-state index is 12.0. The molecule has 20 heavy (non-hydrogen) atoms. The van der Waals surface area contributed by atoms with Gasteiger partial charge in [0.25, 0.3) is 10.0 Å². The van der Waals surface area contributed by atoms with Gasteiger partial charge in [0.1, 0.15) is 0 Å². The Morgan fingerprint density at radius 3 is 2.20 bits per heavy atom. The number of halogens is 1. The Morgan fingerprint density at radius 2 is 1.60 bits per heavy atom. The molecule has 4 nitrogen and oxygen atoms in total. The van der Waals surface area contributed by atoms with Crippen LogP contribution in [0.25, 0.3) is 0 Å². The van der Waals surface area contributed by atoms with Crippen LogP contribution < -0.4 is 4.89 Å². The summed E-state index contributed by atoms with van der Waals surface area (Å²) >= 11 is 3.31. The monoisotopic (exact) mass is 355 g/mol. The highest BCUT2D eigenvalue weighted by atomic mass is 79.9. The van der Waals surface area contributed by atoms with Crippen molar-refractivity contribution in [2.75, 3.05) is 0 Å². The Balaban J connectivity index is 1.96. The first-order valence-electron chi connectivity index (χ1n) is 5.94. The SMILES string of the molecule is O=S(=O)(NOCc1ccccc1)c1ccc(CBr)cc1. The molecule has 0 aliphatic rings. The van der Waals surface area contributed by atoms with Crippen molar-refractivity contribution >= 4 is 26.0 Å². The molecule has 0 aliphatic heterocycles. The summed E-state index contributed by atoms with van der Waals surface area (Å²) in [5, 5.41) is 0.686. The molecule has 0 aliphatic carbocycles. The van der Waals surface area contributed by atoms with Crippen LogP contribution in [0.3, 0.4) is 0 Å². The third-order valence-electron chi connectivity index (χ3n) is 2.64. The van der Waals surface area contributed by atoms with Crippen molar-refractivity contribution in [3.05, 3.63) is 65.7 Å². The van der Waals surface area contributed by atoms with Gasteiger partial charge in [0.15, 0.2) is 0 Å². The van der Waals surface area contributed by atoms with Crippen molar-refractivity contribution < 1.29 is 13.3 Å². The molecule has 0 bridgehead atoms. The van der Waals surface area contributed by atoms with Crippen LogP contribution in [-0.2, 0) is 26.8 Å². The minimum atomic E-state index is -3.64. The molecule has 2 aromatic carbocycles. The lowest BCUT2D eigenvalue weighted by atomic mass is 10.2. The fourth-order valence-corrected chi connectivity index (χ4v) is 2.75. The lowest BCUT2D eigenvalue weighted by Gasteiger charge is -2.07. The smallest absolute Gasteiger partial charge is 0.262 e. The third-order valence-corrected chi connectivity index (χ3v) is 4.52. The van der Waals surface area contributed by atoms with Crippen molar-refractivity contribution in [1.82, 2.24) is 4.89 Å². The van der Waals surface area contributed by atoms with E-state index >= 15 is 0 Å². The zero-order valence-electron chi connectivity index (χ0n) is 10.6. The van der Waals surface area contributed by atoms with Crippen molar-refractivity contribution in [2.24, 2.45) is 0 Å². The predicted molar refractivity (Wildman–Crippen MR) is 80.6 cm³/mol. The largest absolute Gasteiger partial charge is 0.282 e. The molecule has 0 heterocycles. The van der Waals surface area contributed by atoms with E-state index in [0.717, 1.165) is 11.1 Å². The van der Waals surface area contributed by atoms with Gasteiger partial charge in [0.2, 0.25) is 0 Å². The van der Waals surface area contributed by atoms with Gasteiger partial charge >= 0.3 is 0 Å². The van der Waals surface area contributed by atoms with Crippen molar-refractivity contribution in [3.8, 4) is 0 Å². The molecule has 0 saturated heterocycles. The van der Waals surface area contributed by atoms with Gasteiger partial charge in [-0.3, -0.25) is 4.84 Å². The number of hydrogen-bond acceptors (Lipinski definition) is 3. The second kappa shape index (κ2) is 6.99. The van der Waals surface area contributed by atoms with E-state index in [9.17, 15) is 8.42 Å². The van der Waals surface area contributed by atoms with E-state index in [0.29, 0.717) is 5.33 Å². The summed E-state index contributed by atoms with van der Waals surface area (Å²) in [6.07, 6.45) is 0. The van der Waals surface area contributed by atoms with E-state index in [1.807, 2.05) is 30.3 Å². The van der Waals surface area contributed by atoms with Crippen molar-refractivity contribution in [1.29, 1.82) is 0 Å². The first-order chi connectivity index (χ1) is 9.62. The number of hydrogen-bond donors (Lipinski definition) is 1. The number of benzene rings is 2. The summed E-state index contributed by atoms with van der Waals surface area (Å²) in [7, 11) is -3.64. The second-order valence-electron chi connectivity index (χ2n) is 4.14. The van der Waals surface area contributed by atoms with Gasteiger partial charge in [-0.2, -0.15) is 0 Å². The fraction of sp³-hybridized carbons (Fsp3) is 0.143. The molecule has 0 unspecified atom stereocenters. The molecule has 106 valence electrons. The van der Waals surface area contributed by atoms with E-state index < -0.39 is 10.0 Å². The van der Waals surface area contributed by atoms with E-state index in [2.05, 4.69) is 20.8 Å². The molecule has 0 saturated carbocycles. The molecule has 0 radical (unpaired) electrons. The van der Waals surface area contributed by atoms with E-state index in [1.54, 1.807) is 24.3 Å². The molecule has 2 rings (SSSR count). The minimum absolute atomic E-state index is 0.176. The molecular formula is C14H14BrNO3S. The Kier molecular flexibility index (Phi) is 5.31. The van der Waals surface area contributed by atoms with Crippen molar-refractivity contribution in [3.63, 3.8) is 0 Å². The molecule has 0 fully saturated rings. The average Bonchev–Trinajstić information content (AvgIpc) is 2.48. The summed E-state index contributed by atoms with van der Waals surface area (Å²) in [5.41, 5.74) is 1.90. The zero-order chi connectivity index (χ0) is 14.4. The molecule has 0 amide bonds. The molecular weight excluding hydrogens is 342 g/mol. The number of sulfonamides is 1. The maximum atomic E-state index is 12.0. The van der Waals surface area contributed by atoms with E-state index in [1.165, 1.54) is 0 Å². The Bertz CT molecular complexity index is 642. The van der Waals surface area contributed by atoms with Crippen LogP contribution in [-0.4, -0.2) is 8.42 Å². The average molecular weight is 356 g/mol. The van der Waals surface area contributed by atoms with E-state index in [-0.39, 0.29) is 11.5 Å². The zero-order valence-corrected chi connectivity index (χ0v) is 13.0. The fourth-order valence-electron chi connectivity index (χ4n) is 1.57. The molecule has 0 spiro atoms. The van der Waals surface area contributed by atoms with E-state index in [4.69, 9.17) is 4.84 Å². The van der Waals surface area contributed by atoms with Crippen molar-refractivity contribution in [2.45, 2.75) is 16.8 Å². The first-order valence-corrected chi connectivity index (χ1v) is 8.55. The number of alkyl halides is 1. The predicted octanol–water partition coefficient (Wildman–Crippen LogP) is 2.99. The summed E-state index contributed by atoms with van der Waals surface area (Å²) in [6.45, 7) is 0.180. The highest BCUT2D eigenvalue weighted by Crippen LogP contribution is 2.12. The highest BCUT2D eigenvalue weighted by molar-refractivity contribution is 9.08. The summed E-state index contributed by atoms with van der Waals surface area (Å²) in [4.78, 5) is 7.35. The van der Waals surface area contributed by atoms with Gasteiger partial charge in [-0.25, -0.2) is 8.42 Å². The lowest BCUT2D eigenvalue weighted by Crippen LogP contribution is -2.23. The van der Waals surface area contributed by atoms with Crippen LogP contribution in [0.2, 0.25) is 0 Å².